The number of thiazole rings is 1. The first-order valence-electron chi connectivity index (χ1n) is 9.76. The molecule has 1 saturated heterocycles. The minimum atomic E-state index is 0.415. The van der Waals surface area contributed by atoms with Gasteiger partial charge in [-0.25, -0.2) is 4.98 Å². The molecule has 4 heteroatoms. The normalized spacial score (nSPS) is 16.5. The predicted octanol–water partition coefficient (Wildman–Crippen LogP) is 5.97. The molecule has 0 amide bonds. The molecule has 3 aromatic carbocycles. The van der Waals surface area contributed by atoms with E-state index in [9.17, 15) is 0 Å². The van der Waals surface area contributed by atoms with Crippen LogP contribution in [-0.4, -0.2) is 11.5 Å². The summed E-state index contributed by atoms with van der Waals surface area (Å²) in [5, 5.41) is 9.24. The molecule has 4 aromatic rings. The third kappa shape index (κ3) is 3.41. The van der Waals surface area contributed by atoms with Crippen LogP contribution in [0.2, 0.25) is 0 Å². The van der Waals surface area contributed by atoms with Crippen molar-refractivity contribution >= 4 is 22.1 Å². The van der Waals surface area contributed by atoms with Crippen LogP contribution >= 0.6 is 11.3 Å². The van der Waals surface area contributed by atoms with Gasteiger partial charge in [0.1, 0.15) is 17.4 Å². The van der Waals surface area contributed by atoms with E-state index in [-0.39, 0.29) is 0 Å². The SMILES string of the molecule is c1ccc(COc2ccc(-c3csc(C4CCCN4)n3)c3ccccc23)cc1. The van der Waals surface area contributed by atoms with E-state index in [1.54, 1.807) is 11.3 Å². The molecule has 1 fully saturated rings. The van der Waals surface area contributed by atoms with Gasteiger partial charge in [0.05, 0.1) is 11.7 Å². The average molecular weight is 387 g/mol. The van der Waals surface area contributed by atoms with Crippen molar-refractivity contribution in [1.82, 2.24) is 10.3 Å². The van der Waals surface area contributed by atoms with Gasteiger partial charge in [-0.05, 0) is 42.5 Å². The van der Waals surface area contributed by atoms with Crippen molar-refractivity contribution in [3.63, 3.8) is 0 Å². The Morgan fingerprint density at radius 1 is 0.964 bits per heavy atom. The maximum absolute atomic E-state index is 6.15. The molecular weight excluding hydrogens is 364 g/mol. The second kappa shape index (κ2) is 7.74. The van der Waals surface area contributed by atoms with Crippen LogP contribution in [0, 0.1) is 0 Å². The molecule has 1 unspecified atom stereocenters. The van der Waals surface area contributed by atoms with Crippen molar-refractivity contribution in [2.75, 3.05) is 6.54 Å². The zero-order valence-electron chi connectivity index (χ0n) is 15.6. The molecule has 140 valence electrons. The number of benzene rings is 3. The summed E-state index contributed by atoms with van der Waals surface area (Å²) >= 11 is 1.76. The molecule has 0 aliphatic carbocycles. The van der Waals surface area contributed by atoms with E-state index in [1.807, 2.05) is 18.2 Å². The molecule has 1 atom stereocenters. The monoisotopic (exact) mass is 386 g/mol. The Balaban J connectivity index is 1.47. The van der Waals surface area contributed by atoms with Gasteiger partial charge < -0.3 is 10.1 Å². The van der Waals surface area contributed by atoms with E-state index in [1.165, 1.54) is 34.4 Å². The number of nitrogens with one attached hydrogen (secondary N) is 1. The van der Waals surface area contributed by atoms with Crippen molar-refractivity contribution < 1.29 is 4.74 Å². The summed E-state index contributed by atoms with van der Waals surface area (Å²) in [6.45, 7) is 1.66. The minimum Gasteiger partial charge on any atom is -0.488 e. The smallest absolute Gasteiger partial charge is 0.127 e. The lowest BCUT2D eigenvalue weighted by Gasteiger charge is -2.12. The van der Waals surface area contributed by atoms with Crippen LogP contribution in [0.4, 0.5) is 0 Å². The lowest BCUT2D eigenvalue weighted by molar-refractivity contribution is 0.310. The van der Waals surface area contributed by atoms with Crippen LogP contribution < -0.4 is 10.1 Å². The molecule has 5 rings (SSSR count). The van der Waals surface area contributed by atoms with Crippen molar-refractivity contribution in [2.45, 2.75) is 25.5 Å². The van der Waals surface area contributed by atoms with Crippen LogP contribution in [0.1, 0.15) is 29.5 Å². The number of rotatable bonds is 5. The Morgan fingerprint density at radius 3 is 2.61 bits per heavy atom. The first-order chi connectivity index (χ1) is 13.9. The Hall–Kier alpha value is -2.69. The third-order valence-corrected chi connectivity index (χ3v) is 6.24. The van der Waals surface area contributed by atoms with Crippen LogP contribution in [-0.2, 0) is 6.61 Å². The van der Waals surface area contributed by atoms with Crippen molar-refractivity contribution in [3.05, 3.63) is 82.7 Å². The fourth-order valence-electron chi connectivity index (χ4n) is 3.82. The second-order valence-electron chi connectivity index (χ2n) is 7.15. The van der Waals surface area contributed by atoms with E-state index in [0.717, 1.165) is 23.4 Å². The molecule has 1 N–H and O–H groups in total. The van der Waals surface area contributed by atoms with Gasteiger partial charge in [-0.1, -0.05) is 54.6 Å². The fraction of sp³-hybridized carbons (Fsp3) is 0.208. The average Bonchev–Trinajstić information content (AvgIpc) is 3.44. The molecule has 3 nitrogen and oxygen atoms in total. The van der Waals surface area contributed by atoms with Crippen LogP contribution in [0.25, 0.3) is 22.0 Å². The minimum absolute atomic E-state index is 0.415. The highest BCUT2D eigenvalue weighted by Crippen LogP contribution is 2.36. The molecule has 2 heterocycles. The zero-order valence-corrected chi connectivity index (χ0v) is 16.4. The number of hydrogen-bond donors (Lipinski definition) is 1. The van der Waals surface area contributed by atoms with E-state index in [0.29, 0.717) is 12.6 Å². The van der Waals surface area contributed by atoms with Gasteiger partial charge in [0, 0.05) is 16.3 Å². The molecule has 0 saturated carbocycles. The number of hydrogen-bond acceptors (Lipinski definition) is 4. The lowest BCUT2D eigenvalue weighted by atomic mass is 10.0. The number of aromatic nitrogens is 1. The van der Waals surface area contributed by atoms with Gasteiger partial charge in [0.15, 0.2) is 0 Å². The van der Waals surface area contributed by atoms with Crippen molar-refractivity contribution in [3.8, 4) is 17.0 Å². The highest BCUT2D eigenvalue weighted by Gasteiger charge is 2.20. The van der Waals surface area contributed by atoms with E-state index < -0.39 is 0 Å². The maximum Gasteiger partial charge on any atom is 0.127 e. The van der Waals surface area contributed by atoms with Crippen LogP contribution in [0.5, 0.6) is 5.75 Å². The summed E-state index contributed by atoms with van der Waals surface area (Å²) in [6.07, 6.45) is 2.41. The summed E-state index contributed by atoms with van der Waals surface area (Å²) in [7, 11) is 0. The number of nitrogens with zero attached hydrogens (tertiary/aromatic N) is 1. The molecular formula is C24H22N2OS. The highest BCUT2D eigenvalue weighted by molar-refractivity contribution is 7.10. The van der Waals surface area contributed by atoms with Gasteiger partial charge in [-0.2, -0.15) is 0 Å². The van der Waals surface area contributed by atoms with Gasteiger partial charge in [0.2, 0.25) is 0 Å². The Labute approximate surface area is 169 Å². The van der Waals surface area contributed by atoms with E-state index in [4.69, 9.17) is 9.72 Å². The summed E-state index contributed by atoms with van der Waals surface area (Å²) in [6, 6.07) is 23.4. The summed E-state index contributed by atoms with van der Waals surface area (Å²) in [5.41, 5.74) is 3.39. The zero-order chi connectivity index (χ0) is 18.8. The number of fused-ring (bicyclic) bond motifs is 1. The maximum atomic E-state index is 6.15. The largest absolute Gasteiger partial charge is 0.488 e. The second-order valence-corrected chi connectivity index (χ2v) is 8.04. The quantitative estimate of drug-likeness (QED) is 0.459. The van der Waals surface area contributed by atoms with Crippen LogP contribution in [0.15, 0.2) is 72.1 Å². The van der Waals surface area contributed by atoms with Gasteiger partial charge in [0.25, 0.3) is 0 Å². The fourth-order valence-corrected chi connectivity index (χ4v) is 4.75. The Morgan fingerprint density at radius 2 is 1.79 bits per heavy atom. The Bertz CT molecular complexity index is 1080. The Kier molecular flexibility index (Phi) is 4.81. The van der Waals surface area contributed by atoms with Gasteiger partial charge >= 0.3 is 0 Å². The topological polar surface area (TPSA) is 34.1 Å². The summed E-state index contributed by atoms with van der Waals surface area (Å²) in [4.78, 5) is 4.95. The molecule has 1 aliphatic rings. The third-order valence-electron chi connectivity index (χ3n) is 5.28. The van der Waals surface area contributed by atoms with Crippen LogP contribution in [0.3, 0.4) is 0 Å². The van der Waals surface area contributed by atoms with E-state index in [2.05, 4.69) is 59.2 Å². The standard InChI is InChI=1S/C24H22N2OS/c1-2-7-17(8-3-1)15-27-23-13-12-19(18-9-4-5-10-20(18)23)22-16-28-24(26-22)21-11-6-14-25-21/h1-5,7-10,12-13,16,21,25H,6,11,14-15H2. The molecule has 28 heavy (non-hydrogen) atoms. The number of ether oxygens (including phenoxy) is 1. The van der Waals surface area contributed by atoms with Gasteiger partial charge in [-0.3, -0.25) is 0 Å². The molecule has 1 aromatic heterocycles. The first kappa shape index (κ1) is 17.4. The summed E-state index contributed by atoms with van der Waals surface area (Å²) in [5.74, 6) is 0.913. The first-order valence-corrected chi connectivity index (χ1v) is 10.6. The van der Waals surface area contributed by atoms with Crippen molar-refractivity contribution in [2.24, 2.45) is 0 Å². The highest BCUT2D eigenvalue weighted by atomic mass is 32.1. The lowest BCUT2D eigenvalue weighted by Crippen LogP contribution is -2.12. The van der Waals surface area contributed by atoms with Crippen molar-refractivity contribution in [1.29, 1.82) is 0 Å². The molecule has 0 spiro atoms. The van der Waals surface area contributed by atoms with E-state index >= 15 is 0 Å². The summed E-state index contributed by atoms with van der Waals surface area (Å²) < 4.78 is 6.15. The van der Waals surface area contributed by atoms with Gasteiger partial charge in [-0.15, -0.1) is 11.3 Å². The predicted molar refractivity (Wildman–Crippen MR) is 116 cm³/mol. The molecule has 0 bridgehead atoms. The molecule has 1 aliphatic heterocycles. The molecule has 0 radical (unpaired) electrons.